The van der Waals surface area contributed by atoms with E-state index in [2.05, 4.69) is 5.32 Å². The van der Waals surface area contributed by atoms with E-state index < -0.39 is 18.2 Å². The molecular weight excluding hydrogens is 298 g/mol. The van der Waals surface area contributed by atoms with Crippen molar-refractivity contribution in [3.8, 4) is 5.75 Å². The number of ether oxygens (including phenoxy) is 2. The van der Waals surface area contributed by atoms with Gasteiger partial charge in [-0.05, 0) is 37.1 Å². The van der Waals surface area contributed by atoms with E-state index in [4.69, 9.17) is 14.6 Å². The minimum Gasteiger partial charge on any atom is -0.482 e. The van der Waals surface area contributed by atoms with Gasteiger partial charge in [0.25, 0.3) is 5.91 Å². The first-order valence-corrected chi connectivity index (χ1v) is 7.87. The topological polar surface area (TPSA) is 84.9 Å². The van der Waals surface area contributed by atoms with Crippen LogP contribution in [-0.4, -0.2) is 36.3 Å². The molecule has 2 rings (SSSR count). The predicted octanol–water partition coefficient (Wildman–Crippen LogP) is 2.83. The van der Waals surface area contributed by atoms with Crippen LogP contribution in [-0.2, 0) is 14.3 Å². The second-order valence-corrected chi connectivity index (χ2v) is 5.77. The molecule has 1 aromatic rings. The molecule has 0 spiro atoms. The van der Waals surface area contributed by atoms with Crippen LogP contribution in [0.15, 0.2) is 24.3 Å². The molecule has 1 fully saturated rings. The van der Waals surface area contributed by atoms with Crippen molar-refractivity contribution in [1.82, 2.24) is 0 Å². The minimum atomic E-state index is -1.03. The predicted molar refractivity (Wildman–Crippen MR) is 85.6 cm³/mol. The number of amides is 1. The smallest absolute Gasteiger partial charge is 0.341 e. The molecule has 0 aliphatic heterocycles. The quantitative estimate of drug-likeness (QED) is 0.787. The van der Waals surface area contributed by atoms with E-state index in [0.717, 1.165) is 38.5 Å². The van der Waals surface area contributed by atoms with Gasteiger partial charge in [0.1, 0.15) is 11.4 Å². The number of carbonyl (C=O) groups excluding carboxylic acids is 1. The number of carboxylic acids is 1. The number of hydrogen-bond acceptors (Lipinski definition) is 4. The molecule has 1 aliphatic rings. The molecule has 23 heavy (non-hydrogen) atoms. The van der Waals surface area contributed by atoms with E-state index in [-0.39, 0.29) is 5.91 Å². The second-order valence-electron chi connectivity index (χ2n) is 5.77. The zero-order chi connectivity index (χ0) is 16.7. The van der Waals surface area contributed by atoms with Gasteiger partial charge < -0.3 is 19.9 Å². The van der Waals surface area contributed by atoms with Gasteiger partial charge >= 0.3 is 5.97 Å². The third-order valence-electron chi connectivity index (χ3n) is 4.19. The van der Waals surface area contributed by atoms with Gasteiger partial charge in [0.05, 0.1) is 0 Å². The maximum atomic E-state index is 12.6. The van der Waals surface area contributed by atoms with Crippen molar-refractivity contribution < 1.29 is 24.2 Å². The highest BCUT2D eigenvalue weighted by molar-refractivity contribution is 5.97. The van der Waals surface area contributed by atoms with Gasteiger partial charge in [-0.25, -0.2) is 4.79 Å². The number of nitrogens with one attached hydrogen (secondary N) is 1. The van der Waals surface area contributed by atoms with Gasteiger partial charge in [0.15, 0.2) is 6.61 Å². The lowest BCUT2D eigenvalue weighted by molar-refractivity contribution is -0.140. The molecule has 1 amide bonds. The first-order valence-electron chi connectivity index (χ1n) is 7.87. The number of hydrogen-bond donors (Lipinski definition) is 2. The molecule has 2 N–H and O–H groups in total. The molecule has 0 atom stereocenters. The first-order chi connectivity index (χ1) is 11.1. The maximum absolute atomic E-state index is 12.6. The zero-order valence-electron chi connectivity index (χ0n) is 13.3. The Labute approximate surface area is 135 Å². The van der Waals surface area contributed by atoms with Gasteiger partial charge in [-0.1, -0.05) is 25.7 Å². The molecule has 1 saturated carbocycles. The molecule has 0 heterocycles. The highest BCUT2D eigenvalue weighted by Gasteiger charge is 2.38. The van der Waals surface area contributed by atoms with Crippen LogP contribution in [0.5, 0.6) is 5.75 Å². The molecular formula is C17H23NO5. The largest absolute Gasteiger partial charge is 0.482 e. The molecule has 0 radical (unpaired) electrons. The molecule has 0 aromatic heterocycles. The lowest BCUT2D eigenvalue weighted by atomic mass is 9.93. The van der Waals surface area contributed by atoms with Crippen molar-refractivity contribution in [1.29, 1.82) is 0 Å². The number of carboxylic acid groups (broad SMARTS) is 1. The van der Waals surface area contributed by atoms with E-state index in [1.165, 1.54) is 0 Å². The Morgan fingerprint density at radius 1 is 1.13 bits per heavy atom. The summed E-state index contributed by atoms with van der Waals surface area (Å²) in [6, 6.07) is 6.64. The minimum absolute atomic E-state index is 0.124. The third-order valence-corrected chi connectivity index (χ3v) is 4.19. The number of aliphatic carboxylic acids is 1. The Morgan fingerprint density at radius 3 is 2.26 bits per heavy atom. The fourth-order valence-corrected chi connectivity index (χ4v) is 2.85. The average molecular weight is 321 g/mol. The van der Waals surface area contributed by atoms with Gasteiger partial charge in [-0.15, -0.1) is 0 Å². The van der Waals surface area contributed by atoms with Gasteiger partial charge in [0, 0.05) is 12.8 Å². The van der Waals surface area contributed by atoms with E-state index in [1.807, 2.05) is 0 Å². The summed E-state index contributed by atoms with van der Waals surface area (Å²) in [6.45, 7) is -0.390. The van der Waals surface area contributed by atoms with Crippen LogP contribution in [0.25, 0.3) is 0 Å². The molecule has 0 bridgehead atoms. The van der Waals surface area contributed by atoms with Crippen LogP contribution in [0.4, 0.5) is 5.69 Å². The molecule has 126 valence electrons. The normalized spacial score (nSPS) is 17.1. The SMILES string of the molecule is COC1(C(=O)Nc2ccc(OCC(=O)O)cc2)CCCCCC1. The summed E-state index contributed by atoms with van der Waals surface area (Å²) in [5.41, 5.74) is -0.118. The fraction of sp³-hybridized carbons (Fsp3) is 0.529. The van der Waals surface area contributed by atoms with Crippen LogP contribution < -0.4 is 10.1 Å². The lowest BCUT2D eigenvalue weighted by Crippen LogP contribution is -2.44. The van der Waals surface area contributed by atoms with Crippen molar-refractivity contribution in [2.75, 3.05) is 19.0 Å². The summed E-state index contributed by atoms with van der Waals surface area (Å²) in [5, 5.41) is 11.5. The average Bonchev–Trinajstić information content (AvgIpc) is 2.80. The van der Waals surface area contributed by atoms with Crippen molar-refractivity contribution in [2.45, 2.75) is 44.1 Å². The molecule has 6 heteroatoms. The number of methoxy groups -OCH3 is 1. The molecule has 1 aliphatic carbocycles. The van der Waals surface area contributed by atoms with Crippen LogP contribution >= 0.6 is 0 Å². The van der Waals surface area contributed by atoms with Crippen LogP contribution in [0.3, 0.4) is 0 Å². The zero-order valence-corrected chi connectivity index (χ0v) is 13.3. The summed E-state index contributed by atoms with van der Waals surface area (Å²) in [6.07, 6.45) is 5.71. The van der Waals surface area contributed by atoms with E-state index in [9.17, 15) is 9.59 Å². The summed E-state index contributed by atoms with van der Waals surface area (Å²) < 4.78 is 10.6. The van der Waals surface area contributed by atoms with E-state index >= 15 is 0 Å². The number of anilines is 1. The lowest BCUT2D eigenvalue weighted by Gasteiger charge is -2.29. The maximum Gasteiger partial charge on any atom is 0.341 e. The Kier molecular flexibility index (Phi) is 5.98. The summed E-state index contributed by atoms with van der Waals surface area (Å²) in [5.74, 6) is -0.708. The monoisotopic (exact) mass is 321 g/mol. The van der Waals surface area contributed by atoms with Crippen molar-refractivity contribution in [2.24, 2.45) is 0 Å². The Morgan fingerprint density at radius 2 is 1.74 bits per heavy atom. The van der Waals surface area contributed by atoms with Gasteiger partial charge in [0.2, 0.25) is 0 Å². The first kappa shape index (κ1) is 17.3. The van der Waals surface area contributed by atoms with E-state index in [0.29, 0.717) is 11.4 Å². The third kappa shape index (κ3) is 4.69. The molecule has 1 aromatic carbocycles. The van der Waals surface area contributed by atoms with Crippen LogP contribution in [0, 0.1) is 0 Å². The van der Waals surface area contributed by atoms with Crippen LogP contribution in [0.1, 0.15) is 38.5 Å². The van der Waals surface area contributed by atoms with Crippen molar-refractivity contribution >= 4 is 17.6 Å². The van der Waals surface area contributed by atoms with Crippen molar-refractivity contribution in [3.05, 3.63) is 24.3 Å². The van der Waals surface area contributed by atoms with Gasteiger partial charge in [-0.3, -0.25) is 4.79 Å². The number of carbonyl (C=O) groups is 2. The standard InChI is InChI=1S/C17H23NO5/c1-22-17(10-4-2-3-5-11-17)16(21)18-13-6-8-14(9-7-13)23-12-15(19)20/h6-9H,2-5,10-12H2,1H3,(H,18,21)(H,19,20). The summed E-state index contributed by atoms with van der Waals surface area (Å²) >= 11 is 0. The van der Waals surface area contributed by atoms with Crippen LogP contribution in [0.2, 0.25) is 0 Å². The van der Waals surface area contributed by atoms with Gasteiger partial charge in [-0.2, -0.15) is 0 Å². The summed E-state index contributed by atoms with van der Waals surface area (Å²) in [4.78, 5) is 23.1. The number of rotatable bonds is 6. The highest BCUT2D eigenvalue weighted by atomic mass is 16.5. The molecule has 0 saturated heterocycles. The van der Waals surface area contributed by atoms with Crippen molar-refractivity contribution in [3.63, 3.8) is 0 Å². The molecule has 6 nitrogen and oxygen atoms in total. The second kappa shape index (κ2) is 7.97. The summed E-state index contributed by atoms with van der Waals surface area (Å²) in [7, 11) is 1.59. The number of benzene rings is 1. The Hall–Kier alpha value is -2.08. The van der Waals surface area contributed by atoms with E-state index in [1.54, 1.807) is 31.4 Å². The highest BCUT2D eigenvalue weighted by Crippen LogP contribution is 2.31. The fourth-order valence-electron chi connectivity index (χ4n) is 2.85. The molecule has 0 unspecified atom stereocenters. The Balaban J connectivity index is 1.99. The Bertz CT molecular complexity index is 532.